The van der Waals surface area contributed by atoms with Crippen LogP contribution in [0.5, 0.6) is 11.5 Å². The minimum atomic E-state index is -4.00. The number of nitrogens with zero attached hydrogens (tertiary/aromatic N) is 1. The van der Waals surface area contributed by atoms with Crippen LogP contribution in [0.1, 0.15) is 11.1 Å². The summed E-state index contributed by atoms with van der Waals surface area (Å²) >= 11 is 7.60. The van der Waals surface area contributed by atoms with Gasteiger partial charge >= 0.3 is 0 Å². The Kier molecular flexibility index (Phi) is 9.92. The lowest BCUT2D eigenvalue weighted by Gasteiger charge is -2.24. The van der Waals surface area contributed by atoms with Crippen molar-refractivity contribution in [1.29, 1.82) is 0 Å². The van der Waals surface area contributed by atoms with E-state index in [-0.39, 0.29) is 17.3 Å². The van der Waals surface area contributed by atoms with Crippen molar-refractivity contribution in [3.8, 4) is 11.5 Å². The third kappa shape index (κ3) is 8.26. The number of carbonyl (C=O) groups is 1. The molecular weight excluding hydrogens is 552 g/mol. The van der Waals surface area contributed by atoms with Crippen molar-refractivity contribution in [2.75, 3.05) is 23.1 Å². The summed E-state index contributed by atoms with van der Waals surface area (Å²) in [4.78, 5) is 13.0. The summed E-state index contributed by atoms with van der Waals surface area (Å²) in [6.07, 6.45) is 0. The molecule has 0 fully saturated rings. The zero-order chi connectivity index (χ0) is 27.7. The van der Waals surface area contributed by atoms with Crippen molar-refractivity contribution in [3.05, 3.63) is 119 Å². The fourth-order valence-electron chi connectivity index (χ4n) is 3.68. The molecule has 0 aliphatic heterocycles. The van der Waals surface area contributed by atoms with E-state index in [0.717, 1.165) is 21.2 Å². The standard InChI is InChI=1S/C30H29ClN2O4S2/c1-23-7-17-29(18-8-23)39(35,36)33(26-13-15-28(16-14-26)37-27-5-3-2-4-6-27)21-30(34)32-19-20-38-22-24-9-11-25(31)12-10-24/h2-18H,19-22H2,1H3,(H,32,34). The largest absolute Gasteiger partial charge is 0.457 e. The maximum atomic E-state index is 13.6. The SMILES string of the molecule is Cc1ccc(S(=O)(=O)N(CC(=O)NCCSCc2ccc(Cl)cc2)c2ccc(Oc3ccccc3)cc2)cc1. The third-order valence-electron chi connectivity index (χ3n) is 5.75. The van der Waals surface area contributed by atoms with Gasteiger partial charge in [0.1, 0.15) is 18.0 Å². The van der Waals surface area contributed by atoms with Crippen molar-refractivity contribution in [2.45, 2.75) is 17.6 Å². The number of ether oxygens (including phenoxy) is 1. The molecule has 0 bridgehead atoms. The minimum absolute atomic E-state index is 0.115. The molecule has 4 aromatic carbocycles. The predicted octanol–water partition coefficient (Wildman–Crippen LogP) is 6.69. The molecule has 0 unspecified atom stereocenters. The van der Waals surface area contributed by atoms with Gasteiger partial charge in [0.25, 0.3) is 10.0 Å². The third-order valence-corrected chi connectivity index (χ3v) is 8.82. The number of sulfonamides is 1. The van der Waals surface area contributed by atoms with Gasteiger partial charge in [0.15, 0.2) is 0 Å². The Labute approximate surface area is 239 Å². The molecule has 0 aliphatic rings. The number of anilines is 1. The van der Waals surface area contributed by atoms with Gasteiger partial charge in [0, 0.05) is 23.1 Å². The molecule has 9 heteroatoms. The minimum Gasteiger partial charge on any atom is -0.457 e. The highest BCUT2D eigenvalue weighted by Gasteiger charge is 2.27. The van der Waals surface area contributed by atoms with Crippen LogP contribution in [-0.2, 0) is 20.6 Å². The molecule has 6 nitrogen and oxygen atoms in total. The first-order chi connectivity index (χ1) is 18.8. The molecule has 0 radical (unpaired) electrons. The van der Waals surface area contributed by atoms with Gasteiger partial charge in [-0.25, -0.2) is 8.42 Å². The number of rotatable bonds is 12. The van der Waals surface area contributed by atoms with Gasteiger partial charge in [0.2, 0.25) is 5.91 Å². The van der Waals surface area contributed by atoms with E-state index in [1.54, 1.807) is 60.3 Å². The molecule has 0 aliphatic carbocycles. The summed E-state index contributed by atoms with van der Waals surface area (Å²) in [5, 5.41) is 3.54. The van der Waals surface area contributed by atoms with Crippen molar-refractivity contribution >= 4 is 45.0 Å². The fraction of sp³-hybridized carbons (Fsp3) is 0.167. The van der Waals surface area contributed by atoms with E-state index in [1.165, 1.54) is 0 Å². The van der Waals surface area contributed by atoms with E-state index in [2.05, 4.69) is 5.32 Å². The fourth-order valence-corrected chi connectivity index (χ4v) is 6.04. The van der Waals surface area contributed by atoms with Gasteiger partial charge in [-0.15, -0.1) is 0 Å². The summed E-state index contributed by atoms with van der Waals surface area (Å²) < 4.78 is 34.2. The van der Waals surface area contributed by atoms with Crippen LogP contribution in [0.3, 0.4) is 0 Å². The lowest BCUT2D eigenvalue weighted by atomic mass is 10.2. The number of para-hydroxylation sites is 1. The van der Waals surface area contributed by atoms with Gasteiger partial charge < -0.3 is 10.1 Å². The van der Waals surface area contributed by atoms with Crippen molar-refractivity contribution in [2.24, 2.45) is 0 Å². The Hall–Kier alpha value is -3.46. The van der Waals surface area contributed by atoms with Crippen LogP contribution in [-0.4, -0.2) is 33.2 Å². The maximum absolute atomic E-state index is 13.6. The van der Waals surface area contributed by atoms with Gasteiger partial charge in [-0.05, 0) is 73.2 Å². The number of halogens is 1. The average Bonchev–Trinajstić information content (AvgIpc) is 2.94. The number of hydrogen-bond donors (Lipinski definition) is 1. The Balaban J connectivity index is 1.43. The van der Waals surface area contributed by atoms with Crippen LogP contribution in [0.4, 0.5) is 5.69 Å². The van der Waals surface area contributed by atoms with E-state index in [9.17, 15) is 13.2 Å². The molecule has 4 aromatic rings. The molecule has 202 valence electrons. The first-order valence-electron chi connectivity index (χ1n) is 12.3. The monoisotopic (exact) mass is 580 g/mol. The van der Waals surface area contributed by atoms with Crippen LogP contribution in [0.25, 0.3) is 0 Å². The van der Waals surface area contributed by atoms with Crippen LogP contribution >= 0.6 is 23.4 Å². The first-order valence-corrected chi connectivity index (χ1v) is 15.3. The smallest absolute Gasteiger partial charge is 0.264 e. The number of amides is 1. The van der Waals surface area contributed by atoms with Crippen molar-refractivity contribution in [3.63, 3.8) is 0 Å². The molecule has 0 spiro atoms. The predicted molar refractivity (Wildman–Crippen MR) is 159 cm³/mol. The average molecular weight is 581 g/mol. The second kappa shape index (κ2) is 13.6. The van der Waals surface area contributed by atoms with Crippen molar-refractivity contribution in [1.82, 2.24) is 5.32 Å². The second-order valence-corrected chi connectivity index (χ2v) is 12.2. The molecule has 0 atom stereocenters. The van der Waals surface area contributed by atoms with E-state index in [4.69, 9.17) is 16.3 Å². The van der Waals surface area contributed by atoms with E-state index in [0.29, 0.717) is 34.5 Å². The van der Waals surface area contributed by atoms with E-state index < -0.39 is 10.0 Å². The van der Waals surface area contributed by atoms with Gasteiger partial charge in [-0.3, -0.25) is 9.10 Å². The van der Waals surface area contributed by atoms with Crippen molar-refractivity contribution < 1.29 is 17.9 Å². The molecule has 0 aromatic heterocycles. The summed E-state index contributed by atoms with van der Waals surface area (Å²) in [5.74, 6) is 2.31. The van der Waals surface area contributed by atoms with Gasteiger partial charge in [0.05, 0.1) is 10.6 Å². The zero-order valence-electron chi connectivity index (χ0n) is 21.4. The summed E-state index contributed by atoms with van der Waals surface area (Å²) in [6.45, 7) is 1.95. The topological polar surface area (TPSA) is 75.7 Å². The van der Waals surface area contributed by atoms with Gasteiger partial charge in [-0.2, -0.15) is 11.8 Å². The molecule has 39 heavy (non-hydrogen) atoms. The normalized spacial score (nSPS) is 11.1. The Morgan fingerprint density at radius 1 is 0.872 bits per heavy atom. The Bertz CT molecular complexity index is 1460. The Morgan fingerprint density at radius 3 is 2.18 bits per heavy atom. The zero-order valence-corrected chi connectivity index (χ0v) is 23.8. The second-order valence-electron chi connectivity index (χ2n) is 8.76. The summed E-state index contributed by atoms with van der Waals surface area (Å²) in [7, 11) is -4.00. The number of nitrogens with one attached hydrogen (secondary N) is 1. The lowest BCUT2D eigenvalue weighted by Crippen LogP contribution is -2.41. The maximum Gasteiger partial charge on any atom is 0.264 e. The van der Waals surface area contributed by atoms with E-state index >= 15 is 0 Å². The molecule has 0 heterocycles. The highest BCUT2D eigenvalue weighted by Crippen LogP contribution is 2.28. The molecule has 0 saturated carbocycles. The lowest BCUT2D eigenvalue weighted by molar-refractivity contribution is -0.119. The molecule has 1 N–H and O–H groups in total. The highest BCUT2D eigenvalue weighted by molar-refractivity contribution is 7.98. The van der Waals surface area contributed by atoms with Gasteiger partial charge in [-0.1, -0.05) is 59.6 Å². The highest BCUT2D eigenvalue weighted by atomic mass is 35.5. The van der Waals surface area contributed by atoms with Crippen LogP contribution in [0.2, 0.25) is 5.02 Å². The number of aryl methyl sites for hydroxylation is 1. The number of thioether (sulfide) groups is 1. The molecule has 0 saturated heterocycles. The number of benzene rings is 4. The number of carbonyl (C=O) groups excluding carboxylic acids is 1. The van der Waals surface area contributed by atoms with Crippen LogP contribution in [0.15, 0.2) is 108 Å². The summed E-state index contributed by atoms with van der Waals surface area (Å²) in [6, 6.07) is 30.2. The molecule has 4 rings (SSSR count). The first kappa shape index (κ1) is 28.5. The van der Waals surface area contributed by atoms with E-state index in [1.807, 2.05) is 61.5 Å². The number of hydrogen-bond acceptors (Lipinski definition) is 5. The van der Waals surface area contributed by atoms with Crippen LogP contribution in [0, 0.1) is 6.92 Å². The molecule has 1 amide bonds. The Morgan fingerprint density at radius 2 is 1.51 bits per heavy atom. The van der Waals surface area contributed by atoms with Crippen LogP contribution < -0.4 is 14.4 Å². The summed E-state index contributed by atoms with van der Waals surface area (Å²) in [5.41, 5.74) is 2.45. The quantitative estimate of drug-likeness (QED) is 0.189. The molecular formula is C30H29ClN2O4S2.